The molecule has 1 aromatic heterocycles. The number of rotatable bonds is 2. The molecule has 1 fully saturated rings. The molecule has 1 heterocycles. The highest BCUT2D eigenvalue weighted by Gasteiger charge is 2.45. The molecule has 62 valence electrons. The van der Waals surface area contributed by atoms with Crippen LogP contribution in [0, 0.1) is 5.92 Å². The monoisotopic (exact) mass is 164 g/mol. The molecule has 4 heteroatoms. The summed E-state index contributed by atoms with van der Waals surface area (Å²) in [7, 11) is 0. The second kappa shape index (κ2) is 2.55. The molecule has 4 nitrogen and oxygen atoms in total. The van der Waals surface area contributed by atoms with Gasteiger partial charge in [-0.05, 0) is 6.42 Å². The molecule has 0 aliphatic heterocycles. The Morgan fingerprint density at radius 2 is 2.42 bits per heavy atom. The van der Waals surface area contributed by atoms with Gasteiger partial charge in [0.1, 0.15) is 0 Å². The zero-order chi connectivity index (χ0) is 8.55. The van der Waals surface area contributed by atoms with Crippen LogP contribution in [0.2, 0.25) is 0 Å². The van der Waals surface area contributed by atoms with Gasteiger partial charge < -0.3 is 5.11 Å². The van der Waals surface area contributed by atoms with E-state index in [1.165, 1.54) is 0 Å². The minimum atomic E-state index is -0.731. The minimum absolute atomic E-state index is 0.0937. The molecule has 0 radical (unpaired) electrons. The summed E-state index contributed by atoms with van der Waals surface area (Å²) in [6.07, 6.45) is 5.51. The van der Waals surface area contributed by atoms with Gasteiger partial charge in [0.05, 0.1) is 11.6 Å². The standard InChI is InChI=1S/C8H8N2O2/c11-8(12)6-3-5(6)7-4-9-1-2-10-7/h1-2,4-6H,3H2,(H,11,12)/t5-,6-/m1/s1. The van der Waals surface area contributed by atoms with Crippen LogP contribution >= 0.6 is 0 Å². The number of aliphatic carboxylic acids is 1. The first-order valence-electron chi connectivity index (χ1n) is 3.78. The van der Waals surface area contributed by atoms with Crippen LogP contribution in [-0.4, -0.2) is 21.0 Å². The van der Waals surface area contributed by atoms with E-state index in [2.05, 4.69) is 9.97 Å². The number of carboxylic acid groups (broad SMARTS) is 1. The van der Waals surface area contributed by atoms with Crippen LogP contribution in [0.3, 0.4) is 0 Å². The van der Waals surface area contributed by atoms with Gasteiger partial charge in [-0.1, -0.05) is 0 Å². The Hall–Kier alpha value is -1.45. The first-order valence-corrected chi connectivity index (χ1v) is 3.78. The third-order valence-electron chi connectivity index (χ3n) is 2.07. The first kappa shape index (κ1) is 7.21. The zero-order valence-corrected chi connectivity index (χ0v) is 6.34. The van der Waals surface area contributed by atoms with Gasteiger partial charge >= 0.3 is 5.97 Å². The van der Waals surface area contributed by atoms with Crippen molar-refractivity contribution in [3.63, 3.8) is 0 Å². The van der Waals surface area contributed by atoms with Crippen LogP contribution in [0.15, 0.2) is 18.6 Å². The van der Waals surface area contributed by atoms with Crippen LogP contribution in [0.25, 0.3) is 0 Å². The molecule has 0 spiro atoms. The molecular formula is C8H8N2O2. The van der Waals surface area contributed by atoms with Crippen LogP contribution in [0.5, 0.6) is 0 Å². The van der Waals surface area contributed by atoms with E-state index in [1.807, 2.05) is 0 Å². The van der Waals surface area contributed by atoms with Crippen molar-refractivity contribution in [1.82, 2.24) is 9.97 Å². The molecule has 1 N–H and O–H groups in total. The topological polar surface area (TPSA) is 63.1 Å². The third kappa shape index (κ3) is 1.15. The van der Waals surface area contributed by atoms with E-state index in [1.54, 1.807) is 18.6 Å². The summed E-state index contributed by atoms with van der Waals surface area (Å²) >= 11 is 0. The van der Waals surface area contributed by atoms with Gasteiger partial charge in [0, 0.05) is 24.5 Å². The normalized spacial score (nSPS) is 26.7. The molecule has 1 aliphatic carbocycles. The SMILES string of the molecule is O=C(O)[C@@H]1C[C@H]1c1cnccn1. The van der Waals surface area contributed by atoms with Crippen molar-refractivity contribution < 1.29 is 9.90 Å². The minimum Gasteiger partial charge on any atom is -0.481 e. The lowest BCUT2D eigenvalue weighted by atomic mass is 10.2. The lowest BCUT2D eigenvalue weighted by Crippen LogP contribution is -1.99. The maximum absolute atomic E-state index is 10.5. The van der Waals surface area contributed by atoms with Gasteiger partial charge in [-0.2, -0.15) is 0 Å². The highest BCUT2D eigenvalue weighted by atomic mass is 16.4. The number of aromatic nitrogens is 2. The van der Waals surface area contributed by atoms with Crippen molar-refractivity contribution in [2.75, 3.05) is 0 Å². The summed E-state index contributed by atoms with van der Waals surface area (Å²) in [5.41, 5.74) is 0.796. The van der Waals surface area contributed by atoms with E-state index >= 15 is 0 Å². The fourth-order valence-corrected chi connectivity index (χ4v) is 1.30. The van der Waals surface area contributed by atoms with Crippen molar-refractivity contribution in [1.29, 1.82) is 0 Å². The second-order valence-corrected chi connectivity index (χ2v) is 2.92. The fraction of sp³-hybridized carbons (Fsp3) is 0.375. The van der Waals surface area contributed by atoms with Gasteiger partial charge in [0.25, 0.3) is 0 Å². The number of carbonyl (C=O) groups is 1. The van der Waals surface area contributed by atoms with E-state index in [-0.39, 0.29) is 11.8 Å². The van der Waals surface area contributed by atoms with Crippen molar-refractivity contribution in [3.8, 4) is 0 Å². The van der Waals surface area contributed by atoms with E-state index in [4.69, 9.17) is 5.11 Å². The maximum atomic E-state index is 10.5. The molecule has 2 rings (SSSR count). The third-order valence-corrected chi connectivity index (χ3v) is 2.07. The van der Waals surface area contributed by atoms with Gasteiger partial charge in [-0.3, -0.25) is 14.8 Å². The Morgan fingerprint density at radius 3 is 2.92 bits per heavy atom. The Labute approximate surface area is 69.3 Å². The summed E-state index contributed by atoms with van der Waals surface area (Å²) in [6, 6.07) is 0. The number of hydrogen-bond acceptors (Lipinski definition) is 3. The Morgan fingerprint density at radius 1 is 1.58 bits per heavy atom. The lowest BCUT2D eigenvalue weighted by molar-refractivity contribution is -0.138. The van der Waals surface area contributed by atoms with Gasteiger partial charge in [-0.15, -0.1) is 0 Å². The number of nitrogens with zero attached hydrogens (tertiary/aromatic N) is 2. The van der Waals surface area contributed by atoms with E-state index in [9.17, 15) is 4.79 Å². The molecule has 12 heavy (non-hydrogen) atoms. The summed E-state index contributed by atoms with van der Waals surface area (Å²) in [5, 5.41) is 8.64. The predicted octanol–water partition coefficient (Wildman–Crippen LogP) is 0.665. The number of hydrogen-bond donors (Lipinski definition) is 1. The van der Waals surface area contributed by atoms with E-state index in [0.717, 1.165) is 5.69 Å². The average molecular weight is 164 g/mol. The highest BCUT2D eigenvalue weighted by Crippen LogP contribution is 2.46. The van der Waals surface area contributed by atoms with Crippen LogP contribution in [0.4, 0.5) is 0 Å². The van der Waals surface area contributed by atoms with Crippen molar-refractivity contribution in [3.05, 3.63) is 24.3 Å². The summed E-state index contributed by atoms with van der Waals surface area (Å²) < 4.78 is 0. The molecule has 0 bridgehead atoms. The molecule has 0 amide bonds. The largest absolute Gasteiger partial charge is 0.481 e. The van der Waals surface area contributed by atoms with E-state index in [0.29, 0.717) is 6.42 Å². The molecule has 0 saturated heterocycles. The molecule has 0 aromatic carbocycles. The predicted molar refractivity (Wildman–Crippen MR) is 40.5 cm³/mol. The Bertz CT molecular complexity index is 299. The van der Waals surface area contributed by atoms with Crippen molar-refractivity contribution >= 4 is 5.97 Å². The van der Waals surface area contributed by atoms with Crippen molar-refractivity contribution in [2.45, 2.75) is 12.3 Å². The zero-order valence-electron chi connectivity index (χ0n) is 6.34. The fourth-order valence-electron chi connectivity index (χ4n) is 1.30. The molecule has 2 atom stereocenters. The summed E-state index contributed by atoms with van der Waals surface area (Å²) in [5.74, 6) is -0.872. The van der Waals surface area contributed by atoms with Crippen molar-refractivity contribution in [2.24, 2.45) is 5.92 Å². The Balaban J connectivity index is 2.11. The molecule has 1 aliphatic rings. The second-order valence-electron chi connectivity index (χ2n) is 2.92. The summed E-state index contributed by atoms with van der Waals surface area (Å²) in [6.45, 7) is 0. The molecular weight excluding hydrogens is 156 g/mol. The van der Waals surface area contributed by atoms with E-state index < -0.39 is 5.97 Å². The molecule has 1 saturated carbocycles. The van der Waals surface area contributed by atoms with Crippen LogP contribution < -0.4 is 0 Å². The quantitative estimate of drug-likeness (QED) is 0.697. The number of carboxylic acids is 1. The van der Waals surface area contributed by atoms with Crippen LogP contribution in [-0.2, 0) is 4.79 Å². The lowest BCUT2D eigenvalue weighted by Gasteiger charge is -1.93. The smallest absolute Gasteiger partial charge is 0.307 e. The molecule has 0 unspecified atom stereocenters. The summed E-state index contributed by atoms with van der Waals surface area (Å²) in [4.78, 5) is 18.4. The Kier molecular flexibility index (Phi) is 1.53. The average Bonchev–Trinajstić information content (AvgIpc) is 2.84. The first-order chi connectivity index (χ1) is 5.79. The van der Waals surface area contributed by atoms with Gasteiger partial charge in [0.2, 0.25) is 0 Å². The maximum Gasteiger partial charge on any atom is 0.307 e. The van der Waals surface area contributed by atoms with Crippen LogP contribution in [0.1, 0.15) is 18.0 Å². The van der Waals surface area contributed by atoms with Gasteiger partial charge in [0.15, 0.2) is 0 Å². The molecule has 1 aromatic rings. The highest BCUT2D eigenvalue weighted by molar-refractivity contribution is 5.74. The van der Waals surface area contributed by atoms with Gasteiger partial charge in [-0.25, -0.2) is 0 Å².